The van der Waals surface area contributed by atoms with Crippen LogP contribution >= 0.6 is 0 Å². The lowest BCUT2D eigenvalue weighted by Gasteiger charge is -2.19. The molecule has 0 unspecified atom stereocenters. The maximum atomic E-state index is 7.71. The van der Waals surface area contributed by atoms with Crippen molar-refractivity contribution in [1.82, 2.24) is 15.8 Å². The zero-order valence-corrected chi connectivity index (χ0v) is 10.2. The van der Waals surface area contributed by atoms with Crippen LogP contribution in [0.3, 0.4) is 0 Å². The number of para-hydroxylation sites is 1. The van der Waals surface area contributed by atoms with Crippen LogP contribution in [0.1, 0.15) is 12.8 Å². The van der Waals surface area contributed by atoms with Gasteiger partial charge in [-0.05, 0) is 25.0 Å². The molecule has 1 aliphatic rings. The molecule has 0 spiro atoms. The molecule has 1 heterocycles. The third kappa shape index (κ3) is 3.74. The minimum atomic E-state index is 0.0814. The number of hydrogen-bond donors (Lipinski definition) is 5. The van der Waals surface area contributed by atoms with E-state index in [1.165, 1.54) is 0 Å². The van der Waals surface area contributed by atoms with E-state index in [-0.39, 0.29) is 11.9 Å². The first kappa shape index (κ1) is 12.4. The highest BCUT2D eigenvalue weighted by molar-refractivity contribution is 6.02. The quantitative estimate of drug-likeness (QED) is 0.400. The third-order valence-corrected chi connectivity index (χ3v) is 2.67. The minimum Gasteiger partial charge on any atom is -0.326 e. The highest BCUT2D eigenvalue weighted by Crippen LogP contribution is 2.04. The van der Waals surface area contributed by atoms with Crippen molar-refractivity contribution in [2.24, 2.45) is 0 Å². The molecule has 1 fully saturated rings. The molecular weight excluding hydrogens is 228 g/mol. The summed E-state index contributed by atoms with van der Waals surface area (Å²) in [4.78, 5) is 0. The van der Waals surface area contributed by atoms with Crippen molar-refractivity contribution in [2.45, 2.75) is 12.8 Å². The van der Waals surface area contributed by atoms with E-state index in [1.54, 1.807) is 0 Å². The fraction of sp³-hybridized carbons (Fsp3) is 0.333. The predicted octanol–water partition coefficient (Wildman–Crippen LogP) is 1.16. The lowest BCUT2D eigenvalue weighted by Crippen LogP contribution is -2.49. The lowest BCUT2D eigenvalue weighted by molar-refractivity contribution is 0.292. The summed E-state index contributed by atoms with van der Waals surface area (Å²) in [5, 5.41) is 22.9. The van der Waals surface area contributed by atoms with Gasteiger partial charge in [0, 0.05) is 18.8 Å². The molecule has 18 heavy (non-hydrogen) atoms. The fourth-order valence-electron chi connectivity index (χ4n) is 1.84. The van der Waals surface area contributed by atoms with E-state index in [2.05, 4.69) is 16.1 Å². The van der Waals surface area contributed by atoms with Gasteiger partial charge >= 0.3 is 0 Å². The molecule has 96 valence electrons. The molecule has 0 atom stereocenters. The van der Waals surface area contributed by atoms with E-state index in [0.717, 1.165) is 31.6 Å². The van der Waals surface area contributed by atoms with Crippen molar-refractivity contribution in [3.8, 4) is 0 Å². The van der Waals surface area contributed by atoms with Gasteiger partial charge in [-0.1, -0.05) is 18.2 Å². The van der Waals surface area contributed by atoms with Crippen molar-refractivity contribution in [2.75, 3.05) is 18.4 Å². The Morgan fingerprint density at radius 1 is 1.00 bits per heavy atom. The highest BCUT2D eigenvalue weighted by Gasteiger charge is 2.12. The number of benzene rings is 1. The average Bonchev–Trinajstić information content (AvgIpc) is 2.82. The van der Waals surface area contributed by atoms with Crippen LogP contribution in [0.25, 0.3) is 0 Å². The molecule has 0 aliphatic carbocycles. The molecule has 0 bridgehead atoms. The molecule has 1 aliphatic heterocycles. The molecule has 1 aromatic carbocycles. The van der Waals surface area contributed by atoms with Crippen molar-refractivity contribution in [1.29, 1.82) is 10.8 Å². The van der Waals surface area contributed by atoms with Gasteiger partial charge in [0.1, 0.15) is 0 Å². The number of guanidine groups is 2. The Kier molecular flexibility index (Phi) is 4.14. The molecule has 2 rings (SSSR count). The van der Waals surface area contributed by atoms with E-state index < -0.39 is 0 Å². The zero-order chi connectivity index (χ0) is 12.8. The Labute approximate surface area is 106 Å². The summed E-state index contributed by atoms with van der Waals surface area (Å²) in [6.45, 7) is 1.90. The standard InChI is InChI=1S/C12H18N6/c13-11(15-10-6-2-1-3-7-10)16-12(14)17-18-8-4-5-9-18/h1-3,6-7H,4-5,8-9H2,(H5,13,14,15,16,17). The Balaban J connectivity index is 1.75. The summed E-state index contributed by atoms with van der Waals surface area (Å²) in [6.07, 6.45) is 2.31. The van der Waals surface area contributed by atoms with E-state index in [0.29, 0.717) is 0 Å². The van der Waals surface area contributed by atoms with E-state index in [1.807, 2.05) is 35.3 Å². The molecule has 5 N–H and O–H groups in total. The summed E-state index contributed by atoms with van der Waals surface area (Å²) in [5.74, 6) is 0.197. The smallest absolute Gasteiger partial charge is 0.210 e. The highest BCUT2D eigenvalue weighted by atomic mass is 15.6. The third-order valence-electron chi connectivity index (χ3n) is 2.67. The molecule has 0 radical (unpaired) electrons. The van der Waals surface area contributed by atoms with Crippen LogP contribution in [0.5, 0.6) is 0 Å². The summed E-state index contributed by atoms with van der Waals surface area (Å²) >= 11 is 0. The second-order valence-electron chi connectivity index (χ2n) is 4.17. The van der Waals surface area contributed by atoms with Crippen LogP contribution in [-0.4, -0.2) is 30.0 Å². The van der Waals surface area contributed by atoms with Crippen molar-refractivity contribution < 1.29 is 0 Å². The monoisotopic (exact) mass is 246 g/mol. The van der Waals surface area contributed by atoms with Gasteiger partial charge in [0.25, 0.3) is 0 Å². The number of rotatable bonds is 2. The predicted molar refractivity (Wildman–Crippen MR) is 72.6 cm³/mol. The van der Waals surface area contributed by atoms with Crippen LogP contribution in [0.2, 0.25) is 0 Å². The second-order valence-corrected chi connectivity index (χ2v) is 4.17. The Morgan fingerprint density at radius 2 is 1.67 bits per heavy atom. The van der Waals surface area contributed by atoms with Crippen LogP contribution in [0.15, 0.2) is 30.3 Å². The van der Waals surface area contributed by atoms with Crippen LogP contribution < -0.4 is 16.1 Å². The summed E-state index contributed by atoms with van der Waals surface area (Å²) < 4.78 is 0. The molecule has 6 nitrogen and oxygen atoms in total. The lowest BCUT2D eigenvalue weighted by atomic mass is 10.3. The number of hydrazine groups is 1. The number of anilines is 1. The number of nitrogens with zero attached hydrogens (tertiary/aromatic N) is 1. The molecule has 0 saturated carbocycles. The Morgan fingerprint density at radius 3 is 2.33 bits per heavy atom. The first-order chi connectivity index (χ1) is 8.74. The van der Waals surface area contributed by atoms with Gasteiger partial charge in [0.2, 0.25) is 5.96 Å². The van der Waals surface area contributed by atoms with Crippen LogP contribution in [0, 0.1) is 10.8 Å². The maximum absolute atomic E-state index is 7.71. The maximum Gasteiger partial charge on any atom is 0.210 e. The number of hydrogen-bond acceptors (Lipinski definition) is 3. The first-order valence-corrected chi connectivity index (χ1v) is 6.02. The van der Waals surface area contributed by atoms with Gasteiger partial charge in [-0.2, -0.15) is 0 Å². The first-order valence-electron chi connectivity index (χ1n) is 6.02. The van der Waals surface area contributed by atoms with E-state index >= 15 is 0 Å². The second kappa shape index (κ2) is 6.02. The molecule has 0 amide bonds. The van der Waals surface area contributed by atoms with Crippen molar-refractivity contribution >= 4 is 17.6 Å². The Hall–Kier alpha value is -2.08. The summed E-state index contributed by atoms with van der Waals surface area (Å²) in [5.41, 5.74) is 3.74. The van der Waals surface area contributed by atoms with Gasteiger partial charge in [-0.25, -0.2) is 5.01 Å². The van der Waals surface area contributed by atoms with E-state index in [4.69, 9.17) is 10.8 Å². The van der Waals surface area contributed by atoms with Crippen molar-refractivity contribution in [3.63, 3.8) is 0 Å². The molecular formula is C12H18N6. The fourth-order valence-corrected chi connectivity index (χ4v) is 1.84. The van der Waals surface area contributed by atoms with Gasteiger partial charge in [-0.3, -0.25) is 21.6 Å². The summed E-state index contributed by atoms with van der Waals surface area (Å²) in [7, 11) is 0. The molecule has 0 aromatic heterocycles. The van der Waals surface area contributed by atoms with E-state index in [9.17, 15) is 0 Å². The van der Waals surface area contributed by atoms with Gasteiger partial charge < -0.3 is 5.32 Å². The van der Waals surface area contributed by atoms with Gasteiger partial charge in [-0.15, -0.1) is 0 Å². The summed E-state index contributed by atoms with van der Waals surface area (Å²) in [6, 6.07) is 9.44. The SMILES string of the molecule is N=C(NC(=N)NN1CCCC1)Nc1ccccc1. The number of nitrogens with one attached hydrogen (secondary N) is 5. The molecule has 1 aromatic rings. The Bertz CT molecular complexity index is 410. The van der Waals surface area contributed by atoms with Crippen LogP contribution in [0.4, 0.5) is 5.69 Å². The topological polar surface area (TPSA) is 87.0 Å². The van der Waals surface area contributed by atoms with Gasteiger partial charge in [0.05, 0.1) is 0 Å². The molecule has 6 heteroatoms. The van der Waals surface area contributed by atoms with Crippen molar-refractivity contribution in [3.05, 3.63) is 30.3 Å². The van der Waals surface area contributed by atoms with Crippen LogP contribution in [-0.2, 0) is 0 Å². The zero-order valence-electron chi connectivity index (χ0n) is 10.2. The molecule has 1 saturated heterocycles. The van der Waals surface area contributed by atoms with Gasteiger partial charge in [0.15, 0.2) is 5.96 Å². The largest absolute Gasteiger partial charge is 0.326 e. The minimum absolute atomic E-state index is 0.0814. The normalized spacial score (nSPS) is 15.1. The average molecular weight is 246 g/mol.